The van der Waals surface area contributed by atoms with Gasteiger partial charge in [0.05, 0.1) is 5.52 Å². The maximum Gasteiger partial charge on any atom is 0.189 e. The summed E-state index contributed by atoms with van der Waals surface area (Å²) in [5.41, 5.74) is 31.2. The highest BCUT2D eigenvalue weighted by molar-refractivity contribution is 5.78. The van der Waals surface area contributed by atoms with Crippen molar-refractivity contribution >= 4 is 10.9 Å². The van der Waals surface area contributed by atoms with Crippen molar-refractivity contribution in [2.24, 2.45) is 0 Å². The first-order chi connectivity index (χ1) is 51.7. The molecule has 0 radical (unpaired) electrons. The van der Waals surface area contributed by atoms with E-state index in [0.29, 0.717) is 0 Å². The minimum absolute atomic E-state index is 0.729. The maximum atomic E-state index is 10.5. The molecule has 13 aromatic heterocycles. The van der Waals surface area contributed by atoms with Gasteiger partial charge in [-0.3, -0.25) is 59.8 Å². The van der Waals surface area contributed by atoms with Crippen LogP contribution in [-0.2, 0) is 0 Å². The Morgan fingerprint density at radius 1 is 0.229 bits per heavy atom. The molecule has 570 valence electrons. The van der Waals surface area contributed by atoms with Gasteiger partial charge in [0.2, 0.25) is 0 Å². The Balaban J connectivity index is 0.000000401. The fraction of sp³-hybridized carbons (Fsp3) is 0.274. The first-order valence-electron chi connectivity index (χ1n) is 36.5. The third kappa shape index (κ3) is 44.7. The molecule has 0 aliphatic carbocycles. The lowest BCUT2D eigenvalue weighted by molar-refractivity contribution is -0.612. The average molecular weight is 1460 g/mol. The molecule has 0 amide bonds. The molecular formula is C95H119N13O. The lowest BCUT2D eigenvalue weighted by Gasteiger charge is -1.97. The predicted molar refractivity (Wildman–Crippen MR) is 457 cm³/mol. The van der Waals surface area contributed by atoms with Crippen molar-refractivity contribution in [3.05, 3.63) is 402 Å². The van der Waals surface area contributed by atoms with E-state index in [1.54, 1.807) is 25.3 Å². The molecule has 0 fully saturated rings. The highest BCUT2D eigenvalue weighted by atomic mass is 16.5. The Hall–Kier alpha value is -11.8. The van der Waals surface area contributed by atoms with Crippen molar-refractivity contribution in [2.45, 2.75) is 180 Å². The van der Waals surface area contributed by atoms with Crippen LogP contribution >= 0.6 is 0 Å². The third-order valence-corrected chi connectivity index (χ3v) is 15.8. The van der Waals surface area contributed by atoms with Crippen LogP contribution < -0.4 is 4.73 Å². The number of fused-ring (bicyclic) bond motifs is 1. The van der Waals surface area contributed by atoms with Gasteiger partial charge in [0.15, 0.2) is 11.9 Å². The summed E-state index contributed by atoms with van der Waals surface area (Å²) in [6.07, 6.45) is 21.7. The average Bonchev–Trinajstić information content (AvgIpc) is 0.853. The standard InChI is InChI=1S/C10H9N.3C8H11N.7C7H9N.C6H7NO.C6H7N/c1-8-6-7-9-4-2-3-5-10(9)11-8;1-6-4-7(2)8(3)9-5-6;2*1-6-4-5-7(2)9-8(6)3;1-6-3-7(2)5-8-4-6;1-6-3-4-8-5-7(6)2;1-6-3-4-8-7(2)5-6;2*1-6-3-4-7(2)8-5-6;1-6-4-3-5-8-7(6)2;1-6-4-3-5-7(2)8-6;1-6-4-2-3-5-7(6)8;1-6-3-2-4-7-5-6/h2-7H,1H3;3*4-5H,1-3H3;7*3-5H,1-2H3;2-5H,1H3;2-5H,1H3. The van der Waals surface area contributed by atoms with Crippen molar-refractivity contribution in [1.29, 1.82) is 0 Å². The fourth-order valence-corrected chi connectivity index (χ4v) is 8.69. The van der Waals surface area contributed by atoms with Gasteiger partial charge in [-0.2, -0.15) is 4.73 Å². The second-order valence-corrected chi connectivity index (χ2v) is 26.7. The molecular weight excluding hydrogens is 1340 g/mol. The van der Waals surface area contributed by atoms with Crippen LogP contribution in [0.1, 0.15) is 146 Å². The van der Waals surface area contributed by atoms with Crippen LogP contribution in [0.25, 0.3) is 10.9 Å². The molecule has 14 heteroatoms. The molecule has 0 saturated heterocycles. The summed E-state index contributed by atoms with van der Waals surface area (Å²) in [5.74, 6) is 0. The fourth-order valence-electron chi connectivity index (χ4n) is 8.69. The van der Waals surface area contributed by atoms with E-state index in [1.807, 2.05) is 283 Å². The Morgan fingerprint density at radius 3 is 1.06 bits per heavy atom. The van der Waals surface area contributed by atoms with Crippen molar-refractivity contribution in [2.75, 3.05) is 0 Å². The van der Waals surface area contributed by atoms with Crippen LogP contribution in [-0.4, -0.2) is 59.8 Å². The zero-order valence-electron chi connectivity index (χ0n) is 69.9. The normalized spacial score (nSPS) is 9.41. The minimum atomic E-state index is 0.729. The SMILES string of the molecule is Cc1ccc(C)c(C)n1.Cc1ccc(C)c(C)n1.Cc1ccc(C)nc1.Cc1ccc(C)nc1.Cc1ccc2ccccc2n1.Cc1cccc(C)n1.Cc1cccc[n+]1[O-].Cc1cccnc1.Cc1cccnc1C.Cc1ccnc(C)c1.Cc1ccncc1C.Cc1cnc(C)c(C)c1.Cc1cncc(C)c1. The molecule has 1 aromatic carbocycles. The van der Waals surface area contributed by atoms with Gasteiger partial charge in [0.1, 0.15) is 0 Å². The van der Waals surface area contributed by atoms with E-state index in [4.69, 9.17) is 0 Å². The number of aromatic nitrogens is 13. The molecule has 0 bridgehead atoms. The van der Waals surface area contributed by atoms with Gasteiger partial charge in [-0.05, 0) is 324 Å². The van der Waals surface area contributed by atoms with Crippen LogP contribution in [0.3, 0.4) is 0 Å². The topological polar surface area (TPSA) is 182 Å². The van der Waals surface area contributed by atoms with Crippen molar-refractivity contribution in [3.63, 3.8) is 0 Å². The Morgan fingerprint density at radius 2 is 0.706 bits per heavy atom. The van der Waals surface area contributed by atoms with Gasteiger partial charge >= 0.3 is 0 Å². The van der Waals surface area contributed by atoms with E-state index in [2.05, 4.69) is 176 Å². The molecule has 0 atom stereocenters. The Bertz CT molecular complexity index is 4310. The second kappa shape index (κ2) is 53.1. The van der Waals surface area contributed by atoms with E-state index in [1.165, 1.54) is 83.9 Å². The van der Waals surface area contributed by atoms with Gasteiger partial charge in [0.25, 0.3) is 0 Å². The van der Waals surface area contributed by atoms with Crippen LogP contribution in [0.15, 0.2) is 250 Å². The molecule has 0 aliphatic heterocycles. The molecule has 0 saturated carbocycles. The molecule has 0 unspecified atom stereocenters. The number of pyridine rings is 13. The van der Waals surface area contributed by atoms with Crippen LogP contribution in [0.4, 0.5) is 0 Å². The van der Waals surface area contributed by atoms with Crippen LogP contribution in [0.2, 0.25) is 0 Å². The largest absolute Gasteiger partial charge is 0.619 e. The number of hydrogen-bond donors (Lipinski definition) is 0. The van der Waals surface area contributed by atoms with Crippen LogP contribution in [0.5, 0.6) is 0 Å². The second-order valence-electron chi connectivity index (χ2n) is 26.7. The summed E-state index contributed by atoms with van der Waals surface area (Å²) >= 11 is 0. The van der Waals surface area contributed by atoms with E-state index >= 15 is 0 Å². The number of nitrogens with zero attached hydrogens (tertiary/aromatic N) is 13. The zero-order chi connectivity index (χ0) is 81.2. The quantitative estimate of drug-likeness (QED) is 0.103. The summed E-state index contributed by atoms with van der Waals surface area (Å²) in [6.45, 7) is 52.5. The number of para-hydroxylation sites is 1. The van der Waals surface area contributed by atoms with Gasteiger partial charge in [-0.1, -0.05) is 84.9 Å². The first kappa shape index (κ1) is 93.3. The minimum Gasteiger partial charge on any atom is -0.619 e. The lowest BCUT2D eigenvalue weighted by atomic mass is 10.2. The summed E-state index contributed by atoms with van der Waals surface area (Å²) in [4.78, 5) is 49.4. The van der Waals surface area contributed by atoms with E-state index in [0.717, 1.165) is 84.3 Å². The van der Waals surface area contributed by atoms with E-state index < -0.39 is 0 Å². The molecule has 13 heterocycles. The summed E-state index contributed by atoms with van der Waals surface area (Å²) in [5, 5.41) is 11.7. The monoisotopic (exact) mass is 1460 g/mol. The highest BCUT2D eigenvalue weighted by Gasteiger charge is 1.96. The van der Waals surface area contributed by atoms with E-state index in [-0.39, 0.29) is 0 Å². The van der Waals surface area contributed by atoms with Crippen molar-refractivity contribution in [3.8, 4) is 0 Å². The van der Waals surface area contributed by atoms with Gasteiger partial charge in [-0.25, -0.2) is 0 Å². The Labute approximate surface area is 653 Å². The van der Waals surface area contributed by atoms with Gasteiger partial charge < -0.3 is 5.21 Å². The number of benzene rings is 1. The Kier molecular flexibility index (Phi) is 45.4. The van der Waals surface area contributed by atoms with E-state index in [9.17, 15) is 5.21 Å². The molecule has 14 rings (SSSR count). The highest BCUT2D eigenvalue weighted by Crippen LogP contribution is 2.12. The summed E-state index contributed by atoms with van der Waals surface area (Å²) < 4.78 is 0.833. The zero-order valence-corrected chi connectivity index (χ0v) is 69.9. The van der Waals surface area contributed by atoms with Gasteiger partial charge in [-0.15, -0.1) is 0 Å². The smallest absolute Gasteiger partial charge is 0.189 e. The number of hydrogen-bond acceptors (Lipinski definition) is 13. The molecule has 0 spiro atoms. The predicted octanol–water partition coefficient (Wildman–Crippen LogP) is 22.5. The lowest BCUT2D eigenvalue weighted by Crippen LogP contribution is -2.28. The first-order valence-corrected chi connectivity index (χ1v) is 36.5. The van der Waals surface area contributed by atoms with Gasteiger partial charge in [0, 0.05) is 161 Å². The van der Waals surface area contributed by atoms with Crippen LogP contribution in [0, 0.1) is 185 Å². The van der Waals surface area contributed by atoms with Crippen molar-refractivity contribution < 1.29 is 4.73 Å². The molecule has 0 aliphatic rings. The number of aryl methyl sites for hydroxylation is 26. The summed E-state index contributed by atoms with van der Waals surface area (Å²) in [6, 6.07) is 58.2. The summed E-state index contributed by atoms with van der Waals surface area (Å²) in [7, 11) is 0. The molecule has 14 aromatic rings. The molecule has 14 nitrogen and oxygen atoms in total. The van der Waals surface area contributed by atoms with Crippen molar-refractivity contribution in [1.82, 2.24) is 59.8 Å². The maximum absolute atomic E-state index is 10.5. The molecule has 109 heavy (non-hydrogen) atoms. The third-order valence-electron chi connectivity index (χ3n) is 15.8. The number of rotatable bonds is 0. The molecule has 0 N–H and O–H groups in total.